The van der Waals surface area contributed by atoms with Gasteiger partial charge in [0.25, 0.3) is 0 Å². The van der Waals surface area contributed by atoms with E-state index in [1.165, 1.54) is 0 Å². The van der Waals surface area contributed by atoms with Crippen LogP contribution in [0.4, 0.5) is 5.69 Å². The van der Waals surface area contributed by atoms with Gasteiger partial charge in [0.1, 0.15) is 11.5 Å². The van der Waals surface area contributed by atoms with Gasteiger partial charge in [-0.3, -0.25) is 4.79 Å². The number of hydrogen-bond acceptors (Lipinski definition) is 4. The van der Waals surface area contributed by atoms with Gasteiger partial charge in [0.05, 0.1) is 18.9 Å². The van der Waals surface area contributed by atoms with Crippen molar-refractivity contribution in [3.63, 3.8) is 0 Å². The molecule has 0 bridgehead atoms. The summed E-state index contributed by atoms with van der Waals surface area (Å²) in [6.07, 6.45) is 0. The van der Waals surface area contributed by atoms with Crippen LogP contribution in [0.1, 0.15) is 20.8 Å². The molecule has 1 aromatic carbocycles. The molecule has 0 saturated heterocycles. The largest absolute Gasteiger partial charge is 0.494 e. The third-order valence-electron chi connectivity index (χ3n) is 2.78. The number of carbonyl (C=O) groups excluding carboxylic acids is 1. The van der Waals surface area contributed by atoms with Crippen molar-refractivity contribution >= 4 is 11.6 Å². The fraction of sp³-hybridized carbons (Fsp3) is 0.533. The first-order chi connectivity index (χ1) is 9.62. The lowest BCUT2D eigenvalue weighted by molar-refractivity contribution is -0.119. The molecule has 0 aliphatic rings. The molecule has 0 aliphatic carbocycles. The quantitative estimate of drug-likeness (QED) is 0.767. The van der Waals surface area contributed by atoms with Crippen molar-refractivity contribution in [1.82, 2.24) is 5.32 Å². The predicted molar refractivity (Wildman–Crippen MR) is 80.5 cm³/mol. The van der Waals surface area contributed by atoms with E-state index in [4.69, 9.17) is 9.47 Å². The van der Waals surface area contributed by atoms with E-state index in [2.05, 4.69) is 10.6 Å². The molecule has 0 heterocycles. The molecule has 1 aromatic rings. The van der Waals surface area contributed by atoms with Gasteiger partial charge in [0.15, 0.2) is 0 Å². The van der Waals surface area contributed by atoms with Crippen LogP contribution in [-0.2, 0) is 4.79 Å². The summed E-state index contributed by atoms with van der Waals surface area (Å²) in [6.45, 7) is 7.45. The molecule has 1 amide bonds. The van der Waals surface area contributed by atoms with E-state index in [0.29, 0.717) is 36.9 Å². The van der Waals surface area contributed by atoms with Gasteiger partial charge in [-0.05, 0) is 33.0 Å². The van der Waals surface area contributed by atoms with Crippen LogP contribution in [0.25, 0.3) is 0 Å². The Morgan fingerprint density at radius 1 is 1.25 bits per heavy atom. The summed E-state index contributed by atoms with van der Waals surface area (Å²) in [4.78, 5) is 12.1. The first kappa shape index (κ1) is 16.3. The molecular formula is C15H24N2O3. The molecule has 0 saturated carbocycles. The monoisotopic (exact) mass is 280 g/mol. The van der Waals surface area contributed by atoms with Gasteiger partial charge < -0.3 is 20.1 Å². The highest BCUT2D eigenvalue weighted by Gasteiger charge is 2.15. The maximum atomic E-state index is 12.1. The molecule has 0 spiro atoms. The van der Waals surface area contributed by atoms with Gasteiger partial charge in [-0.2, -0.15) is 0 Å². The van der Waals surface area contributed by atoms with E-state index in [0.717, 1.165) is 0 Å². The SMILES string of the molecule is CCOc1ccc(OCC)c(NC(=O)C(C)CNC)c1. The van der Waals surface area contributed by atoms with Gasteiger partial charge in [0.2, 0.25) is 5.91 Å². The van der Waals surface area contributed by atoms with E-state index in [1.54, 1.807) is 6.07 Å². The summed E-state index contributed by atoms with van der Waals surface area (Å²) in [5, 5.41) is 5.88. The Labute approximate surface area is 120 Å². The van der Waals surface area contributed by atoms with Gasteiger partial charge in [-0.15, -0.1) is 0 Å². The normalized spacial score (nSPS) is 11.8. The highest BCUT2D eigenvalue weighted by atomic mass is 16.5. The number of carbonyl (C=O) groups is 1. The molecule has 5 nitrogen and oxygen atoms in total. The molecule has 0 aliphatic heterocycles. The van der Waals surface area contributed by atoms with E-state index < -0.39 is 0 Å². The summed E-state index contributed by atoms with van der Waals surface area (Å²) >= 11 is 0. The van der Waals surface area contributed by atoms with Crippen LogP contribution in [0.5, 0.6) is 11.5 Å². The third-order valence-corrected chi connectivity index (χ3v) is 2.78. The van der Waals surface area contributed by atoms with E-state index in [9.17, 15) is 4.79 Å². The van der Waals surface area contributed by atoms with Crippen molar-refractivity contribution in [3.05, 3.63) is 18.2 Å². The minimum absolute atomic E-state index is 0.0473. The predicted octanol–water partition coefficient (Wildman–Crippen LogP) is 2.28. The van der Waals surface area contributed by atoms with Crippen LogP contribution < -0.4 is 20.1 Å². The zero-order valence-electron chi connectivity index (χ0n) is 12.7. The summed E-state index contributed by atoms with van der Waals surface area (Å²) < 4.78 is 11.0. The smallest absolute Gasteiger partial charge is 0.228 e. The Kier molecular flexibility index (Phi) is 6.87. The number of ether oxygens (including phenoxy) is 2. The lowest BCUT2D eigenvalue weighted by Crippen LogP contribution is -2.28. The minimum Gasteiger partial charge on any atom is -0.494 e. The zero-order chi connectivity index (χ0) is 15.0. The van der Waals surface area contributed by atoms with Crippen molar-refractivity contribution in [3.8, 4) is 11.5 Å². The van der Waals surface area contributed by atoms with Crippen LogP contribution in [0, 0.1) is 5.92 Å². The molecule has 0 aromatic heterocycles. The Hall–Kier alpha value is -1.75. The van der Waals surface area contributed by atoms with Crippen molar-refractivity contribution < 1.29 is 14.3 Å². The third kappa shape index (κ3) is 4.74. The van der Waals surface area contributed by atoms with Crippen molar-refractivity contribution in [2.24, 2.45) is 5.92 Å². The summed E-state index contributed by atoms with van der Waals surface area (Å²) in [5.41, 5.74) is 0.644. The topological polar surface area (TPSA) is 59.6 Å². The fourth-order valence-corrected chi connectivity index (χ4v) is 1.80. The van der Waals surface area contributed by atoms with Gasteiger partial charge in [-0.25, -0.2) is 0 Å². The second-order valence-electron chi connectivity index (χ2n) is 4.47. The Morgan fingerprint density at radius 2 is 1.95 bits per heavy atom. The zero-order valence-corrected chi connectivity index (χ0v) is 12.7. The number of amides is 1. The average molecular weight is 280 g/mol. The number of rotatable bonds is 8. The minimum atomic E-state index is -0.120. The lowest BCUT2D eigenvalue weighted by atomic mass is 10.1. The van der Waals surface area contributed by atoms with Crippen LogP contribution >= 0.6 is 0 Å². The summed E-state index contributed by atoms with van der Waals surface area (Å²) in [5.74, 6) is 1.20. The Bertz CT molecular complexity index is 435. The van der Waals surface area contributed by atoms with Crippen molar-refractivity contribution in [2.45, 2.75) is 20.8 Å². The van der Waals surface area contributed by atoms with E-state index in [1.807, 2.05) is 40.0 Å². The van der Waals surface area contributed by atoms with Crippen LogP contribution in [0.3, 0.4) is 0 Å². The van der Waals surface area contributed by atoms with Gasteiger partial charge in [-0.1, -0.05) is 6.92 Å². The summed E-state index contributed by atoms with van der Waals surface area (Å²) in [7, 11) is 1.82. The van der Waals surface area contributed by atoms with Crippen molar-refractivity contribution in [2.75, 3.05) is 32.1 Å². The standard InChI is InChI=1S/C15H24N2O3/c1-5-19-12-7-8-14(20-6-2)13(9-12)17-15(18)11(3)10-16-4/h7-9,11,16H,5-6,10H2,1-4H3,(H,17,18). The molecule has 1 unspecified atom stereocenters. The molecule has 0 fully saturated rings. The Morgan fingerprint density at radius 3 is 2.55 bits per heavy atom. The molecule has 20 heavy (non-hydrogen) atoms. The first-order valence-corrected chi connectivity index (χ1v) is 6.97. The molecule has 112 valence electrons. The van der Waals surface area contributed by atoms with Gasteiger partial charge in [0, 0.05) is 18.5 Å². The first-order valence-electron chi connectivity index (χ1n) is 6.97. The van der Waals surface area contributed by atoms with Gasteiger partial charge >= 0.3 is 0 Å². The van der Waals surface area contributed by atoms with Crippen LogP contribution in [0.15, 0.2) is 18.2 Å². The second-order valence-corrected chi connectivity index (χ2v) is 4.47. The van der Waals surface area contributed by atoms with E-state index >= 15 is 0 Å². The van der Waals surface area contributed by atoms with Crippen LogP contribution in [-0.4, -0.2) is 32.7 Å². The highest BCUT2D eigenvalue weighted by molar-refractivity contribution is 5.94. The van der Waals surface area contributed by atoms with E-state index in [-0.39, 0.29) is 11.8 Å². The van der Waals surface area contributed by atoms with Crippen molar-refractivity contribution in [1.29, 1.82) is 0 Å². The molecule has 1 atom stereocenters. The second kappa shape index (κ2) is 8.43. The fourth-order valence-electron chi connectivity index (χ4n) is 1.80. The molecule has 0 radical (unpaired) electrons. The van der Waals surface area contributed by atoms with Crippen LogP contribution in [0.2, 0.25) is 0 Å². The highest BCUT2D eigenvalue weighted by Crippen LogP contribution is 2.29. The molecule has 5 heteroatoms. The summed E-state index contributed by atoms with van der Waals surface area (Å²) in [6, 6.07) is 5.44. The lowest BCUT2D eigenvalue weighted by Gasteiger charge is -2.16. The number of benzene rings is 1. The molecular weight excluding hydrogens is 256 g/mol. The number of nitrogens with one attached hydrogen (secondary N) is 2. The molecule has 1 rings (SSSR count). The maximum absolute atomic E-state index is 12.1. The maximum Gasteiger partial charge on any atom is 0.228 e. The number of anilines is 1. The average Bonchev–Trinajstić information content (AvgIpc) is 2.42. The Balaban J connectivity index is 2.88. The molecule has 2 N–H and O–H groups in total. The number of hydrogen-bond donors (Lipinski definition) is 2.